The highest BCUT2D eigenvalue weighted by atomic mass is 14.6. The average Bonchev–Trinajstić information content (AvgIpc) is 2.19. The summed E-state index contributed by atoms with van der Waals surface area (Å²) in [4.78, 5) is 0. The summed E-state index contributed by atoms with van der Waals surface area (Å²) in [6.45, 7) is 5.09. The molecule has 14 heavy (non-hydrogen) atoms. The standard InChI is InChI=1S/C13H19N/c1-13(2,11-14)10-6-9-12-7-4-3-5-8-12/h3-9H,10-11,14H2,1-2H3/b9-6-. The van der Waals surface area contributed by atoms with Gasteiger partial charge in [-0.05, 0) is 23.9 Å². The summed E-state index contributed by atoms with van der Waals surface area (Å²) in [5.74, 6) is 0. The highest BCUT2D eigenvalue weighted by molar-refractivity contribution is 5.48. The lowest BCUT2D eigenvalue weighted by Crippen LogP contribution is -2.22. The van der Waals surface area contributed by atoms with Crippen LogP contribution >= 0.6 is 0 Å². The fraction of sp³-hybridized carbons (Fsp3) is 0.385. The van der Waals surface area contributed by atoms with Crippen molar-refractivity contribution < 1.29 is 0 Å². The van der Waals surface area contributed by atoms with E-state index in [1.54, 1.807) is 0 Å². The molecule has 0 aromatic heterocycles. The maximum atomic E-state index is 5.65. The Morgan fingerprint density at radius 1 is 1.21 bits per heavy atom. The van der Waals surface area contributed by atoms with Gasteiger partial charge in [0.15, 0.2) is 0 Å². The van der Waals surface area contributed by atoms with E-state index in [0.29, 0.717) is 0 Å². The van der Waals surface area contributed by atoms with E-state index in [0.717, 1.165) is 13.0 Å². The van der Waals surface area contributed by atoms with Gasteiger partial charge < -0.3 is 5.73 Å². The molecule has 0 spiro atoms. The zero-order chi connectivity index (χ0) is 10.4. The molecule has 0 bridgehead atoms. The molecule has 1 aromatic rings. The molecule has 0 atom stereocenters. The Morgan fingerprint density at radius 2 is 1.86 bits per heavy atom. The van der Waals surface area contributed by atoms with Gasteiger partial charge in [0.2, 0.25) is 0 Å². The Morgan fingerprint density at radius 3 is 2.43 bits per heavy atom. The summed E-state index contributed by atoms with van der Waals surface area (Å²) in [6.07, 6.45) is 5.37. The predicted octanol–water partition coefficient (Wildman–Crippen LogP) is 3.07. The van der Waals surface area contributed by atoms with E-state index in [4.69, 9.17) is 5.73 Å². The first-order chi connectivity index (χ1) is 6.64. The van der Waals surface area contributed by atoms with Crippen molar-refractivity contribution in [1.29, 1.82) is 0 Å². The van der Waals surface area contributed by atoms with E-state index < -0.39 is 0 Å². The largest absolute Gasteiger partial charge is 0.330 e. The molecule has 0 unspecified atom stereocenters. The summed E-state index contributed by atoms with van der Waals surface area (Å²) in [5.41, 5.74) is 7.12. The average molecular weight is 189 g/mol. The van der Waals surface area contributed by atoms with Crippen LogP contribution in [-0.4, -0.2) is 6.54 Å². The van der Waals surface area contributed by atoms with Gasteiger partial charge in [0, 0.05) is 0 Å². The minimum atomic E-state index is 0.214. The van der Waals surface area contributed by atoms with Gasteiger partial charge in [-0.3, -0.25) is 0 Å². The second kappa shape index (κ2) is 4.97. The van der Waals surface area contributed by atoms with Crippen molar-refractivity contribution in [2.24, 2.45) is 11.1 Å². The van der Waals surface area contributed by atoms with E-state index in [1.165, 1.54) is 5.56 Å². The lowest BCUT2D eigenvalue weighted by atomic mass is 9.89. The van der Waals surface area contributed by atoms with Crippen LogP contribution in [0.25, 0.3) is 6.08 Å². The molecule has 0 saturated heterocycles. The summed E-state index contributed by atoms with van der Waals surface area (Å²) in [7, 11) is 0. The van der Waals surface area contributed by atoms with E-state index >= 15 is 0 Å². The van der Waals surface area contributed by atoms with E-state index in [2.05, 4.69) is 38.1 Å². The molecule has 1 heteroatoms. The monoisotopic (exact) mass is 189 g/mol. The zero-order valence-electron chi connectivity index (χ0n) is 9.03. The third-order valence-electron chi connectivity index (χ3n) is 2.33. The van der Waals surface area contributed by atoms with Crippen LogP contribution in [0, 0.1) is 5.41 Å². The molecule has 1 aromatic carbocycles. The maximum Gasteiger partial charge on any atom is -0.00229 e. The Hall–Kier alpha value is -1.08. The molecule has 0 aliphatic rings. The molecule has 1 rings (SSSR count). The fourth-order valence-corrected chi connectivity index (χ4v) is 1.16. The maximum absolute atomic E-state index is 5.65. The lowest BCUT2D eigenvalue weighted by molar-refractivity contribution is 0.385. The van der Waals surface area contributed by atoms with Crippen LogP contribution in [0.3, 0.4) is 0 Å². The second-order valence-corrected chi connectivity index (χ2v) is 4.39. The van der Waals surface area contributed by atoms with E-state index in [9.17, 15) is 0 Å². The Kier molecular flexibility index (Phi) is 3.90. The van der Waals surface area contributed by atoms with Crippen LogP contribution in [-0.2, 0) is 0 Å². The van der Waals surface area contributed by atoms with Gasteiger partial charge in [0.1, 0.15) is 0 Å². The van der Waals surface area contributed by atoms with Gasteiger partial charge in [-0.15, -0.1) is 0 Å². The van der Waals surface area contributed by atoms with Crippen LogP contribution in [0.4, 0.5) is 0 Å². The number of allylic oxidation sites excluding steroid dienone is 1. The molecule has 0 amide bonds. The van der Waals surface area contributed by atoms with Crippen molar-refractivity contribution in [1.82, 2.24) is 0 Å². The highest BCUT2D eigenvalue weighted by Crippen LogP contribution is 2.19. The molecule has 76 valence electrons. The molecule has 2 N–H and O–H groups in total. The topological polar surface area (TPSA) is 26.0 Å². The Labute approximate surface area is 86.6 Å². The first-order valence-corrected chi connectivity index (χ1v) is 5.06. The molecule has 0 saturated carbocycles. The molecule has 0 fully saturated rings. The molecule has 0 radical (unpaired) electrons. The minimum absolute atomic E-state index is 0.214. The van der Waals surface area contributed by atoms with Gasteiger partial charge in [-0.1, -0.05) is 56.3 Å². The minimum Gasteiger partial charge on any atom is -0.330 e. The summed E-state index contributed by atoms with van der Waals surface area (Å²) in [5, 5.41) is 0. The Balaban J connectivity index is 2.50. The number of hydrogen-bond acceptors (Lipinski definition) is 1. The first kappa shape index (κ1) is 11.0. The summed E-state index contributed by atoms with van der Waals surface area (Å²) < 4.78 is 0. The molecule has 1 nitrogen and oxygen atoms in total. The van der Waals surface area contributed by atoms with Gasteiger partial charge in [-0.2, -0.15) is 0 Å². The molecule has 0 aliphatic carbocycles. The van der Waals surface area contributed by atoms with Crippen LogP contribution in [0.5, 0.6) is 0 Å². The summed E-state index contributed by atoms with van der Waals surface area (Å²) in [6, 6.07) is 10.3. The molecule has 0 heterocycles. The number of rotatable bonds is 4. The van der Waals surface area contributed by atoms with Crippen molar-refractivity contribution in [3.05, 3.63) is 42.0 Å². The molecule has 0 aliphatic heterocycles. The van der Waals surface area contributed by atoms with Crippen molar-refractivity contribution in [2.75, 3.05) is 6.54 Å². The van der Waals surface area contributed by atoms with Crippen molar-refractivity contribution in [2.45, 2.75) is 20.3 Å². The third-order valence-corrected chi connectivity index (χ3v) is 2.33. The number of nitrogens with two attached hydrogens (primary N) is 1. The smallest absolute Gasteiger partial charge is 0.00229 e. The molecular weight excluding hydrogens is 170 g/mol. The SMILES string of the molecule is CC(C)(CN)C/C=C\c1ccccc1. The van der Waals surface area contributed by atoms with Gasteiger partial charge in [-0.25, -0.2) is 0 Å². The molecular formula is C13H19N. The normalized spacial score (nSPS) is 12.2. The lowest BCUT2D eigenvalue weighted by Gasteiger charge is -2.19. The van der Waals surface area contributed by atoms with Gasteiger partial charge in [0.25, 0.3) is 0 Å². The summed E-state index contributed by atoms with van der Waals surface area (Å²) >= 11 is 0. The van der Waals surface area contributed by atoms with Gasteiger partial charge in [0.05, 0.1) is 0 Å². The van der Waals surface area contributed by atoms with Gasteiger partial charge >= 0.3 is 0 Å². The fourth-order valence-electron chi connectivity index (χ4n) is 1.16. The van der Waals surface area contributed by atoms with Crippen molar-refractivity contribution in [3.8, 4) is 0 Å². The number of benzene rings is 1. The van der Waals surface area contributed by atoms with Crippen molar-refractivity contribution >= 4 is 6.08 Å². The quantitative estimate of drug-likeness (QED) is 0.774. The van der Waals surface area contributed by atoms with Crippen LogP contribution in [0.2, 0.25) is 0 Å². The van der Waals surface area contributed by atoms with E-state index in [-0.39, 0.29) is 5.41 Å². The van der Waals surface area contributed by atoms with Crippen LogP contribution in [0.15, 0.2) is 36.4 Å². The second-order valence-electron chi connectivity index (χ2n) is 4.39. The van der Waals surface area contributed by atoms with Crippen LogP contribution < -0.4 is 5.73 Å². The highest BCUT2D eigenvalue weighted by Gasteiger charge is 2.12. The Bertz CT molecular complexity index is 285. The number of hydrogen-bond donors (Lipinski definition) is 1. The third kappa shape index (κ3) is 3.75. The van der Waals surface area contributed by atoms with Crippen molar-refractivity contribution in [3.63, 3.8) is 0 Å². The van der Waals surface area contributed by atoms with Crippen LogP contribution in [0.1, 0.15) is 25.8 Å². The zero-order valence-corrected chi connectivity index (χ0v) is 9.03. The van der Waals surface area contributed by atoms with E-state index in [1.807, 2.05) is 18.2 Å². The predicted molar refractivity (Wildman–Crippen MR) is 62.9 cm³/mol. The first-order valence-electron chi connectivity index (χ1n) is 5.06.